The predicted octanol–water partition coefficient (Wildman–Crippen LogP) is 32.9. The minimum Gasteiger partial charge on any atom is -0.309 e. The molecule has 0 radical (unpaired) electrons. The van der Waals surface area contributed by atoms with Crippen LogP contribution in [0.25, 0.3) is 261 Å². The van der Waals surface area contributed by atoms with Gasteiger partial charge in [0.05, 0.1) is 55.5 Å². The van der Waals surface area contributed by atoms with Crippen LogP contribution in [-0.4, -0.2) is 18.3 Å². The smallest absolute Gasteiger partial charge is 0.0546 e. The largest absolute Gasteiger partial charge is 0.309 e. The minimum absolute atomic E-state index is 1.17. The Kier molecular flexibility index (Phi) is 14.7. The molecule has 0 aliphatic carbocycles. The van der Waals surface area contributed by atoms with Gasteiger partial charge < -0.3 is 18.3 Å². The summed E-state index contributed by atoms with van der Waals surface area (Å²) in [5.41, 5.74) is 19.2. The van der Waals surface area contributed by atoms with Gasteiger partial charge in [-0.05, 0) is 250 Å². The molecule has 124 heavy (non-hydrogen) atoms. The first-order chi connectivity index (χ1) is 61.5. The van der Waals surface area contributed by atoms with E-state index in [2.05, 4.69) is 455 Å². The van der Waals surface area contributed by atoms with Crippen LogP contribution in [0.2, 0.25) is 0 Å². The summed E-state index contributed by atoms with van der Waals surface area (Å²) in [5, 5.41) is 40.7. The number of nitrogens with zero attached hydrogens (tertiary/aromatic N) is 4. The summed E-state index contributed by atoms with van der Waals surface area (Å²) in [6.45, 7) is 0. The molecule has 0 bridgehead atoms. The maximum absolute atomic E-state index is 2.49. The van der Waals surface area contributed by atoms with Gasteiger partial charge >= 0.3 is 0 Å². The van der Waals surface area contributed by atoms with Crippen molar-refractivity contribution < 1.29 is 0 Å². The zero-order valence-corrected chi connectivity index (χ0v) is 67.4. The fourth-order valence-corrected chi connectivity index (χ4v) is 21.8. The Balaban J connectivity index is 0.000000130. The Morgan fingerprint density at radius 2 is 0.339 bits per heavy atom. The number of fused-ring (bicyclic) bond motifs is 34. The normalized spacial score (nSPS) is 12.2. The molecule has 0 saturated heterocycles. The highest BCUT2D eigenvalue weighted by Gasteiger charge is 2.24. The molecule has 0 fully saturated rings. The van der Waals surface area contributed by atoms with Gasteiger partial charge in [0, 0.05) is 65.2 Å². The Morgan fingerprint density at radius 1 is 0.113 bits per heavy atom. The minimum atomic E-state index is 1.17. The molecule has 0 N–H and O–H groups in total. The number of hydrogen-bond donors (Lipinski definition) is 0. The van der Waals surface area contributed by atoms with Crippen LogP contribution in [0.15, 0.2) is 437 Å². The SMILES string of the molecule is c1ccc2c(c1)c1ccccc1c1cc(-n3c4ccccc4c4cc(-c5ccc6c(c5)c5ccccc5n6-c5ccc6c7ccccc7c7ccccc7c6c5)ccc43)ccc21.c1ccc2c(c1)ccc1cc(-n3c4ccccc4c4cc(-c5ccc6c(c5)c5ccccc5n6-c5cc6ccc7ccccc7c6c6ccccc56)ccc43)c3ccccc3c12. The van der Waals surface area contributed by atoms with Crippen molar-refractivity contribution in [3.63, 3.8) is 0 Å². The van der Waals surface area contributed by atoms with Crippen LogP contribution in [0.4, 0.5) is 0 Å². The van der Waals surface area contributed by atoms with E-state index in [1.165, 1.54) is 261 Å². The molecule has 0 unspecified atom stereocenters. The molecule has 572 valence electrons. The molecule has 28 aromatic rings. The second kappa shape index (κ2) is 26.5. The van der Waals surface area contributed by atoms with Crippen LogP contribution < -0.4 is 0 Å². The highest BCUT2D eigenvalue weighted by atomic mass is 15.0. The molecular weight excluding hydrogens is 1500 g/mol. The molecule has 24 aromatic carbocycles. The third-order valence-corrected chi connectivity index (χ3v) is 27.3. The van der Waals surface area contributed by atoms with Crippen molar-refractivity contribution in [3.05, 3.63) is 437 Å². The molecule has 0 spiro atoms. The highest BCUT2D eigenvalue weighted by Crippen LogP contribution is 2.48. The van der Waals surface area contributed by atoms with Crippen LogP contribution in [0.1, 0.15) is 0 Å². The number of aromatic nitrogens is 4. The van der Waals surface area contributed by atoms with E-state index >= 15 is 0 Å². The summed E-state index contributed by atoms with van der Waals surface area (Å²) >= 11 is 0. The second-order valence-corrected chi connectivity index (χ2v) is 33.6. The van der Waals surface area contributed by atoms with Gasteiger partial charge in [-0.15, -0.1) is 0 Å². The molecule has 0 aliphatic rings. The zero-order chi connectivity index (χ0) is 80.9. The number of benzene rings is 24. The summed E-state index contributed by atoms with van der Waals surface area (Å²) in [6, 6.07) is 162. The molecule has 0 amide bonds. The molecule has 4 aromatic heterocycles. The predicted molar refractivity (Wildman–Crippen MR) is 531 cm³/mol. The van der Waals surface area contributed by atoms with Crippen molar-refractivity contribution in [3.8, 4) is 45.0 Å². The fraction of sp³-hybridized carbons (Fsp3) is 0. The maximum atomic E-state index is 2.49. The van der Waals surface area contributed by atoms with Crippen molar-refractivity contribution in [2.75, 3.05) is 0 Å². The van der Waals surface area contributed by atoms with Crippen LogP contribution in [0.3, 0.4) is 0 Å². The Bertz CT molecular complexity index is 8920. The maximum Gasteiger partial charge on any atom is 0.0546 e. The Morgan fingerprint density at radius 3 is 0.661 bits per heavy atom. The summed E-state index contributed by atoms with van der Waals surface area (Å²) < 4.78 is 9.87. The lowest BCUT2D eigenvalue weighted by Crippen LogP contribution is -1.97. The van der Waals surface area contributed by atoms with E-state index in [1.807, 2.05) is 0 Å². The molecule has 4 heterocycles. The number of rotatable bonds is 6. The molecule has 0 atom stereocenters. The van der Waals surface area contributed by atoms with E-state index in [-0.39, 0.29) is 0 Å². The van der Waals surface area contributed by atoms with Crippen molar-refractivity contribution >= 4 is 216 Å². The summed E-state index contributed by atoms with van der Waals surface area (Å²) in [7, 11) is 0. The van der Waals surface area contributed by atoms with Crippen molar-refractivity contribution in [2.45, 2.75) is 0 Å². The third-order valence-electron chi connectivity index (χ3n) is 27.3. The van der Waals surface area contributed by atoms with Crippen LogP contribution in [-0.2, 0) is 0 Å². The van der Waals surface area contributed by atoms with Gasteiger partial charge in [0.25, 0.3) is 0 Å². The topological polar surface area (TPSA) is 19.7 Å². The molecule has 28 rings (SSSR count). The molecular formula is C120H72N4. The summed E-state index contributed by atoms with van der Waals surface area (Å²) in [6.07, 6.45) is 0. The number of hydrogen-bond acceptors (Lipinski definition) is 0. The lowest BCUT2D eigenvalue weighted by molar-refractivity contribution is 1.19. The highest BCUT2D eigenvalue weighted by molar-refractivity contribution is 6.30. The molecule has 4 nitrogen and oxygen atoms in total. The standard InChI is InChI=1S/2C60H36N2/c1-3-17-45-41(13-1)43-15-5-7-19-47(43)53-35-39(27-29-49(45)53)61-57-23-11-9-21-51(57)55-33-37(25-31-59(55)61)38-26-32-60-56(34-38)52-22-10-12-24-58(52)62(60)40-28-30-50-46-18-4-2-14-42(46)44-16-6-8-20-48(44)54(50)36-40;1-3-15-43-37(13-1)25-27-41-35-57(45-17-5-7-21-49(45)59(41)43)61-53-23-11-9-19-47(53)51-33-39(29-31-55(51)61)40-30-32-56-52(34-40)48-20-10-12-24-54(48)62(56)58-36-42-28-26-38-14-2-4-16-44(38)60(42)50-22-8-6-18-46(50)58/h2*1-36H. The van der Waals surface area contributed by atoms with Gasteiger partial charge in [-0.25, -0.2) is 0 Å². The van der Waals surface area contributed by atoms with Crippen molar-refractivity contribution in [2.24, 2.45) is 0 Å². The molecule has 0 aliphatic heterocycles. The first-order valence-corrected chi connectivity index (χ1v) is 43.0. The monoisotopic (exact) mass is 1570 g/mol. The van der Waals surface area contributed by atoms with Crippen LogP contribution >= 0.6 is 0 Å². The Hall–Kier alpha value is -16.4. The van der Waals surface area contributed by atoms with E-state index in [9.17, 15) is 0 Å². The lowest BCUT2D eigenvalue weighted by atomic mass is 9.94. The zero-order valence-electron chi connectivity index (χ0n) is 67.4. The van der Waals surface area contributed by atoms with Crippen molar-refractivity contribution in [1.82, 2.24) is 18.3 Å². The van der Waals surface area contributed by atoms with E-state index in [4.69, 9.17) is 0 Å². The lowest BCUT2D eigenvalue weighted by Gasteiger charge is -2.16. The number of para-hydroxylation sites is 4. The van der Waals surface area contributed by atoms with Gasteiger partial charge in [0.15, 0.2) is 0 Å². The second-order valence-electron chi connectivity index (χ2n) is 33.6. The first-order valence-electron chi connectivity index (χ1n) is 43.0. The Labute approximate surface area is 711 Å². The average Bonchev–Trinajstić information content (AvgIpc) is 1.53. The quantitative estimate of drug-likeness (QED) is 0.148. The van der Waals surface area contributed by atoms with E-state index < -0.39 is 0 Å². The van der Waals surface area contributed by atoms with Crippen LogP contribution in [0, 0.1) is 0 Å². The molecule has 4 heteroatoms. The van der Waals surface area contributed by atoms with Gasteiger partial charge in [-0.2, -0.15) is 0 Å². The van der Waals surface area contributed by atoms with E-state index in [1.54, 1.807) is 0 Å². The van der Waals surface area contributed by atoms with Crippen molar-refractivity contribution in [1.29, 1.82) is 0 Å². The van der Waals surface area contributed by atoms with Gasteiger partial charge in [0.1, 0.15) is 0 Å². The van der Waals surface area contributed by atoms with E-state index in [0.717, 1.165) is 0 Å². The first kappa shape index (κ1) is 68.5. The van der Waals surface area contributed by atoms with Gasteiger partial charge in [-0.3, -0.25) is 0 Å². The van der Waals surface area contributed by atoms with Gasteiger partial charge in [-0.1, -0.05) is 328 Å². The van der Waals surface area contributed by atoms with E-state index in [0.29, 0.717) is 0 Å². The van der Waals surface area contributed by atoms with Crippen LogP contribution in [0.5, 0.6) is 0 Å². The molecule has 0 saturated carbocycles. The third kappa shape index (κ3) is 10.0. The average molecular weight is 1570 g/mol. The van der Waals surface area contributed by atoms with Gasteiger partial charge in [0.2, 0.25) is 0 Å². The summed E-state index contributed by atoms with van der Waals surface area (Å²) in [5.74, 6) is 0. The summed E-state index contributed by atoms with van der Waals surface area (Å²) in [4.78, 5) is 0. The fourth-order valence-electron chi connectivity index (χ4n) is 21.8.